The zero-order valence-electron chi connectivity index (χ0n) is 23.7. The highest BCUT2D eigenvalue weighted by molar-refractivity contribution is 7.26. The molecule has 4 heterocycles. The van der Waals surface area contributed by atoms with Gasteiger partial charge in [-0.1, -0.05) is 103 Å². The number of rotatable bonds is 2. The molecule has 2 aliphatic heterocycles. The number of dihydropyridines is 1. The molecule has 0 bridgehead atoms. The van der Waals surface area contributed by atoms with Crippen LogP contribution in [0.1, 0.15) is 17.3 Å². The Morgan fingerprint density at radius 1 is 0.682 bits per heavy atom. The summed E-state index contributed by atoms with van der Waals surface area (Å²) in [4.78, 5) is 10.2. The molecule has 0 amide bonds. The molecule has 7 aromatic rings. The van der Waals surface area contributed by atoms with Gasteiger partial charge in [-0.15, -0.1) is 11.3 Å². The molecule has 0 fully saturated rings. The topological polar surface area (TPSA) is 53.7 Å². The molecule has 1 unspecified atom stereocenters. The molecule has 2 N–H and O–H groups in total. The number of thiophene rings is 1. The lowest BCUT2D eigenvalue weighted by atomic mass is 10.1. The lowest BCUT2D eigenvalue weighted by Crippen LogP contribution is -2.41. The molecule has 0 radical (unpaired) electrons. The molecule has 5 aromatic carbocycles. The van der Waals surface area contributed by atoms with Crippen molar-refractivity contribution in [1.82, 2.24) is 15.2 Å². The number of hydrogen-bond donors (Lipinski definition) is 2. The summed E-state index contributed by atoms with van der Waals surface area (Å²) >= 11 is 1.88. The minimum atomic E-state index is -0.199. The molecular formula is C38H27N5S. The second-order valence-electron chi connectivity index (χ2n) is 11.1. The lowest BCUT2D eigenvalue weighted by Gasteiger charge is -2.29. The van der Waals surface area contributed by atoms with Crippen molar-refractivity contribution in [2.24, 2.45) is 9.98 Å². The van der Waals surface area contributed by atoms with E-state index >= 15 is 0 Å². The molecule has 6 heteroatoms. The van der Waals surface area contributed by atoms with Gasteiger partial charge in [0.1, 0.15) is 23.7 Å². The van der Waals surface area contributed by atoms with Gasteiger partial charge in [0.15, 0.2) is 0 Å². The van der Waals surface area contributed by atoms with E-state index in [-0.39, 0.29) is 6.17 Å². The maximum absolute atomic E-state index is 5.17. The Hall–Kier alpha value is -5.46. The number of aliphatic imine (C=N–C) groups is 2. The van der Waals surface area contributed by atoms with E-state index in [1.54, 1.807) is 0 Å². The van der Waals surface area contributed by atoms with Crippen molar-refractivity contribution in [3.8, 4) is 0 Å². The smallest absolute Gasteiger partial charge is 0.148 e. The number of para-hydroxylation sites is 1. The van der Waals surface area contributed by atoms with E-state index in [4.69, 9.17) is 9.98 Å². The van der Waals surface area contributed by atoms with Gasteiger partial charge in [0.05, 0.1) is 17.6 Å². The SMILES string of the molecule is C1=CC(=C2NC(c3ccccc3)=NC(c3ccccc3)N2)CN=C1n1c2ccccc2c2c3sc4ccccc4c3ccc21. The number of hydrogen-bond acceptors (Lipinski definition) is 5. The van der Waals surface area contributed by atoms with Crippen LogP contribution in [0.15, 0.2) is 155 Å². The molecule has 2 aliphatic rings. The Kier molecular flexibility index (Phi) is 5.74. The summed E-state index contributed by atoms with van der Waals surface area (Å²) in [6.45, 7) is 0.546. The van der Waals surface area contributed by atoms with Crippen LogP contribution in [0.25, 0.3) is 42.0 Å². The van der Waals surface area contributed by atoms with Crippen LogP contribution in [0.3, 0.4) is 0 Å². The van der Waals surface area contributed by atoms with Crippen LogP contribution >= 0.6 is 11.3 Å². The van der Waals surface area contributed by atoms with Gasteiger partial charge >= 0.3 is 0 Å². The van der Waals surface area contributed by atoms with E-state index in [1.807, 2.05) is 35.6 Å². The van der Waals surface area contributed by atoms with Crippen LogP contribution in [0, 0.1) is 0 Å². The second-order valence-corrected chi connectivity index (χ2v) is 12.2. The molecular weight excluding hydrogens is 559 g/mol. The quantitative estimate of drug-likeness (QED) is 0.214. The molecule has 210 valence electrons. The van der Waals surface area contributed by atoms with E-state index in [1.165, 1.54) is 42.0 Å². The monoisotopic (exact) mass is 585 g/mol. The average molecular weight is 586 g/mol. The molecule has 5 nitrogen and oxygen atoms in total. The number of benzene rings is 5. The first kappa shape index (κ1) is 25.1. The molecule has 0 aliphatic carbocycles. The highest BCUT2D eigenvalue weighted by Gasteiger charge is 2.24. The van der Waals surface area contributed by atoms with E-state index < -0.39 is 0 Å². The standard InChI is InChI=1S/C38H27N5S/c1-3-11-24(12-4-1)36-40-37(25-13-5-2-6-14-25)42-38(41-36)26-19-22-33(39-23-26)43-30-17-9-7-16-29(30)34-31(43)21-20-28-27-15-8-10-18-32(27)44-35(28)34/h1-22,36,41H,23H2,(H,40,42). The van der Waals surface area contributed by atoms with Gasteiger partial charge in [-0.2, -0.15) is 0 Å². The van der Waals surface area contributed by atoms with Crippen molar-refractivity contribution >= 4 is 65.0 Å². The van der Waals surface area contributed by atoms with Crippen molar-refractivity contribution in [3.05, 3.63) is 156 Å². The molecule has 0 saturated carbocycles. The first-order chi connectivity index (χ1) is 21.8. The van der Waals surface area contributed by atoms with Gasteiger partial charge in [0.2, 0.25) is 0 Å². The van der Waals surface area contributed by atoms with Crippen LogP contribution in [0.4, 0.5) is 0 Å². The first-order valence-corrected chi connectivity index (χ1v) is 15.6. The average Bonchev–Trinajstić information content (AvgIpc) is 3.65. The highest BCUT2D eigenvalue weighted by Crippen LogP contribution is 2.42. The Morgan fingerprint density at radius 3 is 2.25 bits per heavy atom. The van der Waals surface area contributed by atoms with Crippen LogP contribution in [-0.2, 0) is 0 Å². The molecule has 0 saturated heterocycles. The third-order valence-electron chi connectivity index (χ3n) is 8.52. The van der Waals surface area contributed by atoms with Gasteiger partial charge in [-0.3, -0.25) is 9.56 Å². The molecule has 1 atom stereocenters. The van der Waals surface area contributed by atoms with E-state index in [0.717, 1.165) is 34.2 Å². The maximum Gasteiger partial charge on any atom is 0.148 e. The fourth-order valence-corrected chi connectivity index (χ4v) is 7.69. The predicted octanol–water partition coefficient (Wildman–Crippen LogP) is 8.53. The number of nitrogens with zero attached hydrogens (tertiary/aromatic N) is 3. The summed E-state index contributed by atoms with van der Waals surface area (Å²) in [7, 11) is 0. The van der Waals surface area contributed by atoms with Crippen molar-refractivity contribution in [2.45, 2.75) is 6.17 Å². The number of aromatic nitrogens is 1. The number of nitrogens with one attached hydrogen (secondary N) is 2. The van der Waals surface area contributed by atoms with Crippen molar-refractivity contribution in [1.29, 1.82) is 0 Å². The second kappa shape index (κ2) is 10.1. The zero-order chi connectivity index (χ0) is 29.0. The fraction of sp³-hybridized carbons (Fsp3) is 0.0526. The molecule has 0 spiro atoms. The Morgan fingerprint density at radius 2 is 1.43 bits per heavy atom. The summed E-state index contributed by atoms with van der Waals surface area (Å²) in [6.07, 6.45) is 4.13. The summed E-state index contributed by atoms with van der Waals surface area (Å²) < 4.78 is 4.97. The van der Waals surface area contributed by atoms with E-state index in [2.05, 4.69) is 124 Å². The summed E-state index contributed by atoms with van der Waals surface area (Å²) in [5, 5.41) is 12.4. The summed E-state index contributed by atoms with van der Waals surface area (Å²) in [5.74, 6) is 2.72. The van der Waals surface area contributed by atoms with Gasteiger partial charge in [-0.25, -0.2) is 4.99 Å². The molecule has 44 heavy (non-hydrogen) atoms. The molecule has 9 rings (SSSR count). The van der Waals surface area contributed by atoms with Crippen LogP contribution in [0.5, 0.6) is 0 Å². The molecule has 2 aromatic heterocycles. The number of allylic oxidation sites excluding steroid dienone is 1. The minimum Gasteiger partial charge on any atom is -0.346 e. The lowest BCUT2D eigenvalue weighted by molar-refractivity contribution is 0.576. The van der Waals surface area contributed by atoms with Crippen LogP contribution in [0.2, 0.25) is 0 Å². The maximum atomic E-state index is 5.17. The van der Waals surface area contributed by atoms with Gasteiger partial charge in [0.25, 0.3) is 0 Å². The van der Waals surface area contributed by atoms with E-state index in [0.29, 0.717) is 6.54 Å². The summed E-state index contributed by atoms with van der Waals surface area (Å²) in [6, 6.07) is 42.6. The van der Waals surface area contributed by atoms with Crippen molar-refractivity contribution in [2.75, 3.05) is 6.54 Å². The Balaban J connectivity index is 1.14. The third-order valence-corrected chi connectivity index (χ3v) is 9.72. The van der Waals surface area contributed by atoms with Gasteiger partial charge in [0, 0.05) is 42.1 Å². The fourth-order valence-electron chi connectivity index (χ4n) is 6.43. The van der Waals surface area contributed by atoms with Gasteiger partial charge in [-0.05, 0) is 35.9 Å². The minimum absolute atomic E-state index is 0.199. The summed E-state index contributed by atoms with van der Waals surface area (Å²) in [5.41, 5.74) is 5.60. The van der Waals surface area contributed by atoms with Crippen molar-refractivity contribution < 1.29 is 0 Å². The number of fused-ring (bicyclic) bond motifs is 7. The third kappa shape index (κ3) is 3.99. The number of amidine groups is 1. The van der Waals surface area contributed by atoms with Gasteiger partial charge < -0.3 is 10.6 Å². The predicted molar refractivity (Wildman–Crippen MR) is 185 cm³/mol. The normalized spacial score (nSPS) is 18.4. The largest absolute Gasteiger partial charge is 0.346 e. The Labute approximate surface area is 258 Å². The highest BCUT2D eigenvalue weighted by atomic mass is 32.1. The zero-order valence-corrected chi connectivity index (χ0v) is 24.6. The van der Waals surface area contributed by atoms with Crippen LogP contribution in [-0.4, -0.2) is 22.8 Å². The first-order valence-electron chi connectivity index (χ1n) is 14.8. The van der Waals surface area contributed by atoms with Crippen LogP contribution < -0.4 is 10.6 Å². The van der Waals surface area contributed by atoms with E-state index in [9.17, 15) is 0 Å². The Bertz CT molecular complexity index is 2360. The van der Waals surface area contributed by atoms with Crippen molar-refractivity contribution in [3.63, 3.8) is 0 Å².